The molecule has 28 heavy (non-hydrogen) atoms. The van der Waals surface area contributed by atoms with Crippen LogP contribution in [0.4, 0.5) is 5.69 Å². The fourth-order valence-electron chi connectivity index (χ4n) is 3.00. The first kappa shape index (κ1) is 18.5. The molecule has 9 heteroatoms. The second kappa shape index (κ2) is 7.29. The van der Waals surface area contributed by atoms with Gasteiger partial charge >= 0.3 is 0 Å². The van der Waals surface area contributed by atoms with E-state index >= 15 is 0 Å². The Hall–Kier alpha value is -2.84. The van der Waals surface area contributed by atoms with Crippen LogP contribution in [0.5, 0.6) is 0 Å². The quantitative estimate of drug-likeness (QED) is 0.605. The molecule has 2 heterocycles. The third-order valence-corrected chi connectivity index (χ3v) is 5.97. The number of hydrogen-bond donors (Lipinski definition) is 3. The predicted octanol–water partition coefficient (Wildman–Crippen LogP) is 3.54. The van der Waals surface area contributed by atoms with E-state index in [1.165, 1.54) is 12.1 Å². The molecule has 1 aromatic heterocycles. The number of benzene rings is 2. The van der Waals surface area contributed by atoms with Crippen molar-refractivity contribution in [1.29, 1.82) is 0 Å². The molecular weight excluding hydrogens is 400 g/mol. The number of nitrogens with zero attached hydrogens (tertiary/aromatic N) is 1. The Bertz CT molecular complexity index is 1200. The topological polar surface area (TPSA) is 103 Å². The Morgan fingerprint density at radius 2 is 2.00 bits per heavy atom. The summed E-state index contributed by atoms with van der Waals surface area (Å²) in [5.41, 5.74) is 1.47. The minimum atomic E-state index is -3.75. The summed E-state index contributed by atoms with van der Waals surface area (Å²) in [7, 11) is -3.75. The standard InChI is InChI=1S/C19H17ClN4O3S/c20-13-7-6-12-9-17(23-16(12)10-13)19(25)22-14-3-1-4-15(11-14)28(26,27)24-18-5-2-8-21-18/h1,3-4,6-7,9-11,23H,2,5,8H2,(H,21,24)(H,22,25). The Morgan fingerprint density at radius 1 is 1.14 bits per heavy atom. The number of amides is 1. The lowest BCUT2D eigenvalue weighted by atomic mass is 10.2. The third-order valence-electron chi connectivity index (χ3n) is 4.36. The van der Waals surface area contributed by atoms with Crippen LogP contribution >= 0.6 is 11.6 Å². The highest BCUT2D eigenvalue weighted by molar-refractivity contribution is 7.90. The molecule has 0 bridgehead atoms. The lowest BCUT2D eigenvalue weighted by molar-refractivity contribution is 0.102. The highest BCUT2D eigenvalue weighted by Crippen LogP contribution is 2.21. The maximum atomic E-state index is 12.5. The van der Waals surface area contributed by atoms with Crippen LogP contribution in [0.3, 0.4) is 0 Å². The van der Waals surface area contributed by atoms with Gasteiger partial charge in [0.1, 0.15) is 11.5 Å². The number of aliphatic imine (C=N–C) groups is 1. The number of carbonyl (C=O) groups excluding carboxylic acids is 1. The van der Waals surface area contributed by atoms with E-state index in [4.69, 9.17) is 11.6 Å². The number of carbonyl (C=O) groups is 1. The highest BCUT2D eigenvalue weighted by Gasteiger charge is 2.19. The zero-order valence-corrected chi connectivity index (χ0v) is 16.3. The molecule has 3 aromatic rings. The van der Waals surface area contributed by atoms with Gasteiger partial charge in [-0.05, 0) is 42.8 Å². The van der Waals surface area contributed by atoms with Crippen LogP contribution in [0, 0.1) is 0 Å². The van der Waals surface area contributed by atoms with E-state index in [1.54, 1.807) is 30.3 Å². The minimum Gasteiger partial charge on any atom is -0.350 e. The van der Waals surface area contributed by atoms with Gasteiger partial charge in [0.25, 0.3) is 15.9 Å². The molecule has 1 aliphatic heterocycles. The number of anilines is 1. The second-order valence-corrected chi connectivity index (χ2v) is 8.55. The molecular formula is C19H17ClN4O3S. The van der Waals surface area contributed by atoms with Gasteiger partial charge in [0.2, 0.25) is 0 Å². The van der Waals surface area contributed by atoms with Gasteiger partial charge in [-0.25, -0.2) is 8.42 Å². The summed E-state index contributed by atoms with van der Waals surface area (Å²) in [6.45, 7) is 0.629. The van der Waals surface area contributed by atoms with E-state index in [-0.39, 0.29) is 10.8 Å². The molecule has 0 fully saturated rings. The first-order valence-electron chi connectivity index (χ1n) is 8.66. The van der Waals surface area contributed by atoms with Gasteiger partial charge in [-0.3, -0.25) is 14.5 Å². The fourth-order valence-corrected chi connectivity index (χ4v) is 4.30. The van der Waals surface area contributed by atoms with Gasteiger partial charge in [0.15, 0.2) is 0 Å². The maximum Gasteiger partial charge on any atom is 0.272 e. The first-order chi connectivity index (χ1) is 13.4. The molecule has 0 spiro atoms. The summed E-state index contributed by atoms with van der Waals surface area (Å²) in [4.78, 5) is 19.7. The number of fused-ring (bicyclic) bond motifs is 1. The lowest BCUT2D eigenvalue weighted by Gasteiger charge is -2.09. The second-order valence-electron chi connectivity index (χ2n) is 6.43. The van der Waals surface area contributed by atoms with Crippen LogP contribution in [0.15, 0.2) is 58.4 Å². The monoisotopic (exact) mass is 416 g/mol. The van der Waals surface area contributed by atoms with Crippen molar-refractivity contribution in [1.82, 2.24) is 9.71 Å². The van der Waals surface area contributed by atoms with Crippen molar-refractivity contribution in [3.63, 3.8) is 0 Å². The molecule has 0 atom stereocenters. The number of rotatable bonds is 4. The molecule has 0 unspecified atom stereocenters. The maximum absolute atomic E-state index is 12.5. The molecule has 144 valence electrons. The van der Waals surface area contributed by atoms with Crippen molar-refractivity contribution in [2.75, 3.05) is 11.9 Å². The minimum absolute atomic E-state index is 0.0586. The predicted molar refractivity (Wildman–Crippen MR) is 110 cm³/mol. The van der Waals surface area contributed by atoms with E-state index in [0.717, 1.165) is 17.3 Å². The SMILES string of the molecule is O=C(Nc1cccc(S(=O)(=O)NC2=NCCC2)c1)c1cc2ccc(Cl)cc2[nH]1. The number of aromatic nitrogens is 1. The molecule has 3 N–H and O–H groups in total. The van der Waals surface area contributed by atoms with E-state index in [0.29, 0.717) is 35.2 Å². The summed E-state index contributed by atoms with van der Waals surface area (Å²) in [5.74, 6) is 0.0844. The third kappa shape index (κ3) is 3.88. The largest absolute Gasteiger partial charge is 0.350 e. The molecule has 1 amide bonds. The summed E-state index contributed by atoms with van der Waals surface area (Å²) in [6.07, 6.45) is 1.45. The lowest BCUT2D eigenvalue weighted by Crippen LogP contribution is -2.29. The normalized spacial score (nSPS) is 14.1. The van der Waals surface area contributed by atoms with Crippen molar-refractivity contribution in [2.45, 2.75) is 17.7 Å². The van der Waals surface area contributed by atoms with Gasteiger partial charge in [0, 0.05) is 34.6 Å². The number of amidine groups is 1. The summed E-state index contributed by atoms with van der Waals surface area (Å²) in [6, 6.07) is 13.1. The Balaban J connectivity index is 1.54. The van der Waals surface area contributed by atoms with Crippen molar-refractivity contribution in [3.05, 3.63) is 59.2 Å². The van der Waals surface area contributed by atoms with Gasteiger partial charge in [-0.1, -0.05) is 23.7 Å². The number of nitrogens with one attached hydrogen (secondary N) is 3. The smallest absolute Gasteiger partial charge is 0.272 e. The Morgan fingerprint density at radius 3 is 2.79 bits per heavy atom. The van der Waals surface area contributed by atoms with E-state index < -0.39 is 10.0 Å². The van der Waals surface area contributed by atoms with Crippen LogP contribution < -0.4 is 10.0 Å². The first-order valence-corrected chi connectivity index (χ1v) is 10.5. The molecule has 7 nitrogen and oxygen atoms in total. The van der Waals surface area contributed by atoms with Crippen molar-refractivity contribution in [2.24, 2.45) is 4.99 Å². The highest BCUT2D eigenvalue weighted by atomic mass is 35.5. The van der Waals surface area contributed by atoms with Crippen molar-refractivity contribution in [3.8, 4) is 0 Å². The van der Waals surface area contributed by atoms with Crippen molar-refractivity contribution >= 4 is 50.0 Å². The summed E-state index contributed by atoms with van der Waals surface area (Å²) >= 11 is 5.97. The number of aromatic amines is 1. The molecule has 1 aliphatic rings. The van der Waals surface area contributed by atoms with Crippen LogP contribution in [0.2, 0.25) is 5.02 Å². The van der Waals surface area contributed by atoms with Crippen LogP contribution in [-0.2, 0) is 10.0 Å². The molecule has 0 saturated carbocycles. The number of sulfonamides is 1. The van der Waals surface area contributed by atoms with Crippen LogP contribution in [0.25, 0.3) is 10.9 Å². The Kier molecular flexibility index (Phi) is 4.82. The number of halogens is 1. The van der Waals surface area contributed by atoms with Gasteiger partial charge in [-0.15, -0.1) is 0 Å². The van der Waals surface area contributed by atoms with Crippen LogP contribution in [-0.4, -0.2) is 31.7 Å². The number of hydrogen-bond acceptors (Lipinski definition) is 4. The zero-order chi connectivity index (χ0) is 19.7. The van der Waals surface area contributed by atoms with Crippen LogP contribution in [0.1, 0.15) is 23.3 Å². The fraction of sp³-hybridized carbons (Fsp3) is 0.158. The molecule has 0 saturated heterocycles. The summed E-state index contributed by atoms with van der Waals surface area (Å²) in [5, 5.41) is 4.14. The zero-order valence-electron chi connectivity index (χ0n) is 14.7. The molecule has 0 radical (unpaired) electrons. The average molecular weight is 417 g/mol. The van der Waals surface area contributed by atoms with Crippen molar-refractivity contribution < 1.29 is 13.2 Å². The average Bonchev–Trinajstić information content (AvgIpc) is 3.30. The summed E-state index contributed by atoms with van der Waals surface area (Å²) < 4.78 is 27.5. The van der Waals surface area contributed by atoms with Gasteiger partial charge in [0.05, 0.1) is 4.90 Å². The van der Waals surface area contributed by atoms with E-state index in [9.17, 15) is 13.2 Å². The number of H-pyrrole nitrogens is 1. The van der Waals surface area contributed by atoms with Gasteiger partial charge in [-0.2, -0.15) is 0 Å². The molecule has 4 rings (SSSR count). The molecule has 0 aliphatic carbocycles. The molecule has 2 aromatic carbocycles. The van der Waals surface area contributed by atoms with E-state index in [2.05, 4.69) is 20.0 Å². The van der Waals surface area contributed by atoms with Gasteiger partial charge < -0.3 is 10.3 Å². The van der Waals surface area contributed by atoms with E-state index in [1.807, 2.05) is 6.07 Å². The Labute approximate surface area is 166 Å².